The smallest absolute Gasteiger partial charge is 0.236 e. The number of anilines is 1. The van der Waals surface area contributed by atoms with Crippen molar-refractivity contribution in [2.75, 3.05) is 23.7 Å². The third-order valence-corrected chi connectivity index (χ3v) is 3.90. The van der Waals surface area contributed by atoms with Crippen molar-refractivity contribution in [2.45, 2.75) is 13.8 Å². The molecule has 0 amide bonds. The summed E-state index contributed by atoms with van der Waals surface area (Å²) in [6, 6.07) is 0. The van der Waals surface area contributed by atoms with Crippen LogP contribution in [0.5, 0.6) is 0 Å². The monoisotopic (exact) mass is 278 g/mol. The second-order valence-corrected chi connectivity index (χ2v) is 5.91. The molecule has 0 fully saturated rings. The zero-order valence-electron chi connectivity index (χ0n) is 9.60. The molecule has 1 aromatic heterocycles. The van der Waals surface area contributed by atoms with E-state index in [4.69, 9.17) is 4.74 Å². The van der Waals surface area contributed by atoms with E-state index in [0.717, 1.165) is 11.3 Å². The minimum atomic E-state index is -3.46. The van der Waals surface area contributed by atoms with Crippen molar-refractivity contribution in [3.05, 3.63) is 11.1 Å². The van der Waals surface area contributed by atoms with Crippen molar-refractivity contribution >= 4 is 32.3 Å². The summed E-state index contributed by atoms with van der Waals surface area (Å²) in [5, 5.41) is 1.72. The third-order valence-electron chi connectivity index (χ3n) is 1.81. The maximum Gasteiger partial charge on any atom is 0.236 e. The van der Waals surface area contributed by atoms with Crippen molar-refractivity contribution in [3.8, 4) is 0 Å². The lowest BCUT2D eigenvalue weighted by Crippen LogP contribution is -2.20. The maximum atomic E-state index is 11.5. The predicted molar refractivity (Wildman–Crippen MR) is 66.0 cm³/mol. The second kappa shape index (κ2) is 6.08. The van der Waals surface area contributed by atoms with Crippen molar-refractivity contribution < 1.29 is 17.9 Å². The van der Waals surface area contributed by atoms with Crippen LogP contribution in [0.4, 0.5) is 5.13 Å². The molecule has 0 aliphatic heterocycles. The first-order valence-corrected chi connectivity index (χ1v) is 7.52. The Balaban J connectivity index is 2.60. The van der Waals surface area contributed by atoms with Crippen molar-refractivity contribution in [1.82, 2.24) is 4.98 Å². The molecular weight excluding hydrogens is 264 g/mol. The summed E-state index contributed by atoms with van der Waals surface area (Å²) < 4.78 is 30.3. The van der Waals surface area contributed by atoms with Crippen LogP contribution < -0.4 is 4.72 Å². The fourth-order valence-electron chi connectivity index (χ4n) is 0.979. The number of nitrogens with zero attached hydrogens (tertiary/aromatic N) is 1. The molecule has 1 aromatic rings. The number of thiazole rings is 1. The van der Waals surface area contributed by atoms with Gasteiger partial charge in [0.2, 0.25) is 10.0 Å². The quantitative estimate of drug-likeness (QED) is 0.597. The number of hydrogen-bond donors (Lipinski definition) is 1. The minimum absolute atomic E-state index is 0.129. The van der Waals surface area contributed by atoms with E-state index < -0.39 is 10.0 Å². The van der Waals surface area contributed by atoms with Crippen LogP contribution in [-0.2, 0) is 14.8 Å². The maximum absolute atomic E-state index is 11.5. The van der Waals surface area contributed by atoms with Crippen molar-refractivity contribution in [1.29, 1.82) is 0 Å². The van der Waals surface area contributed by atoms with Gasteiger partial charge in [0, 0.05) is 18.9 Å². The Morgan fingerprint density at radius 2 is 2.29 bits per heavy atom. The van der Waals surface area contributed by atoms with E-state index in [1.54, 1.807) is 6.92 Å². The van der Waals surface area contributed by atoms with E-state index in [2.05, 4.69) is 9.71 Å². The Morgan fingerprint density at radius 1 is 1.59 bits per heavy atom. The molecule has 0 spiro atoms. The minimum Gasteiger partial charge on any atom is -0.381 e. The summed E-state index contributed by atoms with van der Waals surface area (Å²) in [7, 11) is -3.46. The van der Waals surface area contributed by atoms with Gasteiger partial charge < -0.3 is 4.74 Å². The van der Waals surface area contributed by atoms with Gasteiger partial charge in [0.25, 0.3) is 0 Å². The Kier molecular flexibility index (Phi) is 5.03. The van der Waals surface area contributed by atoms with E-state index >= 15 is 0 Å². The standard InChI is InChI=1S/C9H14N2O4S2/c1-3-15-4-5-17(13,14)11-9-10-8(6-16-9)7(2)12/h6H,3-5H2,1-2H3,(H,10,11). The number of rotatable bonds is 7. The molecule has 17 heavy (non-hydrogen) atoms. The largest absolute Gasteiger partial charge is 0.381 e. The Bertz CT molecular complexity index is 481. The average Bonchev–Trinajstić information content (AvgIpc) is 2.65. The highest BCUT2D eigenvalue weighted by Crippen LogP contribution is 2.17. The molecule has 0 unspecified atom stereocenters. The summed E-state index contributed by atoms with van der Waals surface area (Å²) in [4.78, 5) is 14.8. The molecule has 1 rings (SSSR count). The fraction of sp³-hybridized carbons (Fsp3) is 0.556. The Hall–Kier alpha value is -0.990. The van der Waals surface area contributed by atoms with Gasteiger partial charge in [0.1, 0.15) is 5.69 Å². The lowest BCUT2D eigenvalue weighted by atomic mass is 10.4. The molecule has 1 heterocycles. The molecule has 0 saturated carbocycles. The number of aromatic nitrogens is 1. The van der Waals surface area contributed by atoms with Crippen LogP contribution in [0.1, 0.15) is 24.3 Å². The molecule has 0 radical (unpaired) electrons. The zero-order chi connectivity index (χ0) is 12.9. The van der Waals surface area contributed by atoms with Crippen molar-refractivity contribution in [2.24, 2.45) is 0 Å². The van der Waals surface area contributed by atoms with E-state index in [0.29, 0.717) is 6.61 Å². The van der Waals surface area contributed by atoms with E-state index in [1.807, 2.05) is 0 Å². The summed E-state index contributed by atoms with van der Waals surface area (Å²) >= 11 is 1.08. The van der Waals surface area contributed by atoms with Gasteiger partial charge in [-0.15, -0.1) is 11.3 Å². The van der Waals surface area contributed by atoms with Gasteiger partial charge in [-0.3, -0.25) is 9.52 Å². The van der Waals surface area contributed by atoms with Gasteiger partial charge >= 0.3 is 0 Å². The van der Waals surface area contributed by atoms with Crippen LogP contribution in [0.2, 0.25) is 0 Å². The zero-order valence-corrected chi connectivity index (χ0v) is 11.2. The van der Waals surface area contributed by atoms with E-state index in [-0.39, 0.29) is 29.0 Å². The van der Waals surface area contributed by atoms with Gasteiger partial charge in [0.15, 0.2) is 10.9 Å². The lowest BCUT2D eigenvalue weighted by Gasteiger charge is -2.04. The summed E-state index contributed by atoms with van der Waals surface area (Å²) in [6.45, 7) is 3.78. The predicted octanol–water partition coefficient (Wildman–Crippen LogP) is 1.12. The van der Waals surface area contributed by atoms with Crippen LogP contribution >= 0.6 is 11.3 Å². The molecular formula is C9H14N2O4S2. The number of sulfonamides is 1. The molecule has 6 nitrogen and oxygen atoms in total. The van der Waals surface area contributed by atoms with Gasteiger partial charge in [-0.1, -0.05) is 0 Å². The number of ether oxygens (including phenoxy) is 1. The molecule has 0 aliphatic rings. The number of nitrogens with one attached hydrogen (secondary N) is 1. The highest BCUT2D eigenvalue weighted by atomic mass is 32.2. The van der Waals surface area contributed by atoms with Gasteiger partial charge in [0.05, 0.1) is 12.4 Å². The highest BCUT2D eigenvalue weighted by molar-refractivity contribution is 7.92. The van der Waals surface area contributed by atoms with Gasteiger partial charge in [-0.25, -0.2) is 13.4 Å². The first kappa shape index (κ1) is 14.1. The van der Waals surface area contributed by atoms with Crippen LogP contribution in [0.3, 0.4) is 0 Å². The van der Waals surface area contributed by atoms with Crippen molar-refractivity contribution in [3.63, 3.8) is 0 Å². The van der Waals surface area contributed by atoms with Gasteiger partial charge in [-0.2, -0.15) is 0 Å². The van der Waals surface area contributed by atoms with Crippen LogP contribution in [0.25, 0.3) is 0 Å². The van der Waals surface area contributed by atoms with Crippen LogP contribution in [-0.4, -0.2) is 38.2 Å². The molecule has 0 aromatic carbocycles. The molecule has 0 aliphatic carbocycles. The summed E-state index contributed by atoms with van der Waals surface area (Å²) in [5.74, 6) is -0.323. The number of Topliss-reactive ketones (excluding diaryl/α,β-unsaturated/α-hetero) is 1. The lowest BCUT2D eigenvalue weighted by molar-refractivity contribution is 0.101. The summed E-state index contributed by atoms with van der Waals surface area (Å²) in [6.07, 6.45) is 0. The molecule has 0 bridgehead atoms. The number of hydrogen-bond acceptors (Lipinski definition) is 6. The first-order chi connectivity index (χ1) is 7.94. The normalized spacial score (nSPS) is 11.4. The topological polar surface area (TPSA) is 85.4 Å². The van der Waals surface area contributed by atoms with Gasteiger partial charge in [-0.05, 0) is 6.92 Å². The molecule has 0 saturated heterocycles. The third kappa shape index (κ3) is 4.80. The molecule has 96 valence electrons. The molecule has 1 N–H and O–H groups in total. The summed E-state index contributed by atoms with van der Waals surface area (Å²) in [5.41, 5.74) is 0.262. The van der Waals surface area contributed by atoms with Crippen LogP contribution in [0, 0.1) is 0 Å². The van der Waals surface area contributed by atoms with Crippen LogP contribution in [0.15, 0.2) is 5.38 Å². The fourth-order valence-corrected chi connectivity index (χ4v) is 2.90. The van der Waals surface area contributed by atoms with E-state index in [1.165, 1.54) is 12.3 Å². The average molecular weight is 278 g/mol. The first-order valence-electron chi connectivity index (χ1n) is 4.99. The molecule has 0 atom stereocenters. The Morgan fingerprint density at radius 3 is 2.82 bits per heavy atom. The number of carbonyl (C=O) groups excluding carboxylic acids is 1. The number of carbonyl (C=O) groups is 1. The number of ketones is 1. The SMILES string of the molecule is CCOCCS(=O)(=O)Nc1nc(C(C)=O)cs1. The van der Waals surface area contributed by atoms with E-state index in [9.17, 15) is 13.2 Å². The Labute approximate surface area is 104 Å². The second-order valence-electron chi connectivity index (χ2n) is 3.21. The highest BCUT2D eigenvalue weighted by Gasteiger charge is 2.13. The molecule has 8 heteroatoms.